The molecular formula is C18H25IN4O2S. The van der Waals surface area contributed by atoms with Gasteiger partial charge >= 0.3 is 0 Å². The summed E-state index contributed by atoms with van der Waals surface area (Å²) in [6.07, 6.45) is 0.933. The van der Waals surface area contributed by atoms with Crippen molar-refractivity contribution in [1.29, 1.82) is 0 Å². The van der Waals surface area contributed by atoms with Crippen molar-refractivity contribution < 1.29 is 8.42 Å². The maximum absolute atomic E-state index is 12.4. The number of halogens is 1. The van der Waals surface area contributed by atoms with Crippen LogP contribution in [0.4, 0.5) is 5.69 Å². The highest BCUT2D eigenvalue weighted by molar-refractivity contribution is 14.0. The molecule has 0 spiro atoms. The number of aliphatic imine (C=N–C) groups is 1. The Balaban J connectivity index is 0.00000338. The highest BCUT2D eigenvalue weighted by Crippen LogP contribution is 2.19. The molecular weight excluding hydrogens is 463 g/mol. The van der Waals surface area contributed by atoms with Crippen LogP contribution in [0.25, 0.3) is 0 Å². The SMILES string of the molecule is CCc1cccc(NC(N)=NCc2ccccc2S(=O)(=O)N(C)C)c1.I. The fourth-order valence-corrected chi connectivity index (χ4v) is 3.42. The summed E-state index contributed by atoms with van der Waals surface area (Å²) in [5, 5.41) is 3.04. The van der Waals surface area contributed by atoms with E-state index in [0.29, 0.717) is 5.56 Å². The van der Waals surface area contributed by atoms with E-state index < -0.39 is 10.0 Å². The molecule has 0 radical (unpaired) electrons. The summed E-state index contributed by atoms with van der Waals surface area (Å²) in [6, 6.07) is 14.7. The minimum atomic E-state index is -3.52. The first-order valence-electron chi connectivity index (χ1n) is 8.01. The summed E-state index contributed by atoms with van der Waals surface area (Å²) in [5.41, 5.74) is 8.59. The third kappa shape index (κ3) is 5.68. The molecule has 0 amide bonds. The van der Waals surface area contributed by atoms with Crippen LogP contribution in [-0.2, 0) is 23.0 Å². The van der Waals surface area contributed by atoms with Crippen molar-refractivity contribution >= 4 is 45.6 Å². The standard InChI is InChI=1S/C18H24N4O2S.HI/c1-4-14-8-7-10-16(12-14)21-18(19)20-13-15-9-5-6-11-17(15)25(23,24)22(2)3;/h5-12H,4,13H2,1-3H3,(H3,19,20,21);1H. The third-order valence-electron chi connectivity index (χ3n) is 3.76. The number of hydrogen-bond donors (Lipinski definition) is 2. The highest BCUT2D eigenvalue weighted by Gasteiger charge is 2.20. The van der Waals surface area contributed by atoms with Crippen molar-refractivity contribution in [2.45, 2.75) is 24.8 Å². The third-order valence-corrected chi connectivity index (χ3v) is 5.67. The van der Waals surface area contributed by atoms with Crippen LogP contribution in [-0.4, -0.2) is 32.8 Å². The molecule has 26 heavy (non-hydrogen) atoms. The monoisotopic (exact) mass is 488 g/mol. The summed E-state index contributed by atoms with van der Waals surface area (Å²) >= 11 is 0. The molecule has 142 valence electrons. The van der Waals surface area contributed by atoms with Gasteiger partial charge in [0.05, 0.1) is 11.4 Å². The molecule has 0 saturated carbocycles. The zero-order valence-corrected chi connectivity index (χ0v) is 18.3. The second-order valence-corrected chi connectivity index (χ2v) is 7.90. The Labute approximate surface area is 172 Å². The predicted molar refractivity (Wildman–Crippen MR) is 117 cm³/mol. The zero-order chi connectivity index (χ0) is 18.4. The Hall–Kier alpha value is -1.65. The van der Waals surface area contributed by atoms with E-state index in [4.69, 9.17) is 5.73 Å². The molecule has 0 aliphatic heterocycles. The lowest BCUT2D eigenvalue weighted by molar-refractivity contribution is 0.519. The van der Waals surface area contributed by atoms with Gasteiger partial charge in [0.1, 0.15) is 0 Å². The number of guanidine groups is 1. The van der Waals surface area contributed by atoms with Gasteiger partial charge in [-0.3, -0.25) is 0 Å². The van der Waals surface area contributed by atoms with Gasteiger partial charge in [0, 0.05) is 19.8 Å². The van der Waals surface area contributed by atoms with E-state index >= 15 is 0 Å². The number of aryl methyl sites for hydroxylation is 1. The summed E-state index contributed by atoms with van der Waals surface area (Å²) in [4.78, 5) is 4.52. The lowest BCUT2D eigenvalue weighted by Gasteiger charge is -2.14. The molecule has 0 aliphatic rings. The number of hydrogen-bond acceptors (Lipinski definition) is 3. The fourth-order valence-electron chi connectivity index (χ4n) is 2.31. The second-order valence-electron chi connectivity index (χ2n) is 5.78. The summed E-state index contributed by atoms with van der Waals surface area (Å²) in [7, 11) is -0.509. The molecule has 0 atom stereocenters. The largest absolute Gasteiger partial charge is 0.370 e. The Morgan fingerprint density at radius 2 is 1.85 bits per heavy atom. The van der Waals surface area contributed by atoms with E-state index in [9.17, 15) is 8.42 Å². The van der Waals surface area contributed by atoms with Crippen molar-refractivity contribution in [3.05, 3.63) is 59.7 Å². The number of anilines is 1. The summed E-state index contributed by atoms with van der Waals surface area (Å²) in [6.45, 7) is 2.26. The van der Waals surface area contributed by atoms with E-state index in [1.165, 1.54) is 24.0 Å². The zero-order valence-electron chi connectivity index (χ0n) is 15.1. The van der Waals surface area contributed by atoms with Crippen LogP contribution in [0.3, 0.4) is 0 Å². The second kappa shape index (κ2) is 9.89. The number of sulfonamides is 1. The van der Waals surface area contributed by atoms with Crippen LogP contribution in [0.2, 0.25) is 0 Å². The highest BCUT2D eigenvalue weighted by atomic mass is 127. The summed E-state index contributed by atoms with van der Waals surface area (Å²) < 4.78 is 26.0. The van der Waals surface area contributed by atoms with Gasteiger partial charge in [-0.1, -0.05) is 37.3 Å². The lowest BCUT2D eigenvalue weighted by atomic mass is 10.1. The minimum Gasteiger partial charge on any atom is -0.370 e. The van der Waals surface area contributed by atoms with Crippen molar-refractivity contribution in [3.8, 4) is 0 Å². The maximum Gasteiger partial charge on any atom is 0.242 e. The van der Waals surface area contributed by atoms with Gasteiger partial charge in [0.15, 0.2) is 5.96 Å². The number of nitrogens with one attached hydrogen (secondary N) is 1. The van der Waals surface area contributed by atoms with Crippen LogP contribution in [0.15, 0.2) is 58.4 Å². The molecule has 2 rings (SSSR count). The van der Waals surface area contributed by atoms with E-state index in [2.05, 4.69) is 17.2 Å². The van der Waals surface area contributed by atoms with E-state index in [-0.39, 0.29) is 41.4 Å². The Bertz CT molecular complexity index is 867. The first-order chi connectivity index (χ1) is 11.8. The molecule has 2 aromatic rings. The van der Waals surface area contributed by atoms with Gasteiger partial charge in [-0.25, -0.2) is 17.7 Å². The number of nitrogens with two attached hydrogens (primary N) is 1. The molecule has 0 saturated heterocycles. The predicted octanol–water partition coefficient (Wildman–Crippen LogP) is 3.04. The molecule has 0 aliphatic carbocycles. The van der Waals surface area contributed by atoms with Gasteiger partial charge in [0.2, 0.25) is 10.0 Å². The van der Waals surface area contributed by atoms with E-state index in [0.717, 1.165) is 12.1 Å². The number of benzene rings is 2. The molecule has 3 N–H and O–H groups in total. The van der Waals surface area contributed by atoms with Crippen LogP contribution in [0, 0.1) is 0 Å². The van der Waals surface area contributed by atoms with Crippen LogP contribution < -0.4 is 11.1 Å². The van der Waals surface area contributed by atoms with Crippen LogP contribution >= 0.6 is 24.0 Å². The van der Waals surface area contributed by atoms with Gasteiger partial charge in [-0.15, -0.1) is 24.0 Å². The van der Waals surface area contributed by atoms with Crippen LogP contribution in [0.1, 0.15) is 18.1 Å². The molecule has 0 heterocycles. The molecule has 0 fully saturated rings. The topological polar surface area (TPSA) is 87.8 Å². The van der Waals surface area contributed by atoms with Crippen molar-refractivity contribution in [2.75, 3.05) is 19.4 Å². The average molecular weight is 488 g/mol. The normalized spacial score (nSPS) is 11.9. The van der Waals surface area contributed by atoms with Crippen molar-refractivity contribution in [3.63, 3.8) is 0 Å². The molecule has 0 aromatic heterocycles. The smallest absolute Gasteiger partial charge is 0.242 e. The Morgan fingerprint density at radius 3 is 2.50 bits per heavy atom. The van der Waals surface area contributed by atoms with Crippen molar-refractivity contribution in [2.24, 2.45) is 10.7 Å². The Morgan fingerprint density at radius 1 is 1.15 bits per heavy atom. The van der Waals surface area contributed by atoms with Crippen molar-refractivity contribution in [1.82, 2.24) is 4.31 Å². The molecule has 2 aromatic carbocycles. The number of nitrogens with zero attached hydrogens (tertiary/aromatic N) is 2. The van der Waals surface area contributed by atoms with E-state index in [1.54, 1.807) is 24.3 Å². The first kappa shape index (κ1) is 22.4. The van der Waals surface area contributed by atoms with Crippen LogP contribution in [0.5, 0.6) is 0 Å². The summed E-state index contributed by atoms with van der Waals surface area (Å²) in [5.74, 6) is 0.241. The molecule has 8 heteroatoms. The van der Waals surface area contributed by atoms with Gasteiger partial charge in [-0.2, -0.15) is 0 Å². The molecule has 6 nitrogen and oxygen atoms in total. The molecule has 0 unspecified atom stereocenters. The van der Waals surface area contributed by atoms with Gasteiger partial charge in [-0.05, 0) is 35.7 Å². The maximum atomic E-state index is 12.4. The van der Waals surface area contributed by atoms with E-state index in [1.807, 2.05) is 24.3 Å². The Kier molecular flexibility index (Phi) is 8.51. The average Bonchev–Trinajstić information content (AvgIpc) is 2.60. The number of rotatable bonds is 6. The molecule has 0 bridgehead atoms. The van der Waals surface area contributed by atoms with Gasteiger partial charge in [0.25, 0.3) is 0 Å². The quantitative estimate of drug-likeness (QED) is 0.372. The lowest BCUT2D eigenvalue weighted by Crippen LogP contribution is -2.24. The fraction of sp³-hybridized carbons (Fsp3) is 0.278. The minimum absolute atomic E-state index is 0. The van der Waals surface area contributed by atoms with Gasteiger partial charge < -0.3 is 11.1 Å². The first-order valence-corrected chi connectivity index (χ1v) is 9.45.